The van der Waals surface area contributed by atoms with E-state index in [0.717, 1.165) is 0 Å². The van der Waals surface area contributed by atoms with Crippen LogP contribution in [0.25, 0.3) is 0 Å². The molecule has 0 atom stereocenters. The van der Waals surface area contributed by atoms with Gasteiger partial charge in [0, 0.05) is 17.1 Å². The minimum Gasteiger partial charge on any atom is -0.452 e. The van der Waals surface area contributed by atoms with Crippen LogP contribution in [0.2, 0.25) is 5.02 Å². The van der Waals surface area contributed by atoms with Gasteiger partial charge in [-0.05, 0) is 32.0 Å². The topological polar surface area (TPSA) is 73.2 Å². The number of halogens is 1. The molecule has 116 valence electrons. The van der Waals surface area contributed by atoms with Crippen molar-refractivity contribution >= 4 is 29.3 Å². The number of ether oxygens (including phenoxy) is 1. The van der Waals surface area contributed by atoms with E-state index in [2.05, 4.69) is 10.4 Å². The Morgan fingerprint density at radius 3 is 2.82 bits per heavy atom. The zero-order valence-corrected chi connectivity index (χ0v) is 13.0. The molecule has 1 heterocycles. The van der Waals surface area contributed by atoms with Crippen molar-refractivity contribution in [2.75, 3.05) is 11.9 Å². The van der Waals surface area contributed by atoms with E-state index in [-0.39, 0.29) is 12.6 Å². The number of carbonyl (C=O) groups excluding carboxylic acids is 2. The smallest absolute Gasteiger partial charge is 0.338 e. The Morgan fingerprint density at radius 1 is 1.36 bits per heavy atom. The van der Waals surface area contributed by atoms with E-state index in [0.29, 0.717) is 16.4 Å². The molecule has 0 aliphatic heterocycles. The van der Waals surface area contributed by atoms with Crippen molar-refractivity contribution in [1.29, 1.82) is 0 Å². The molecule has 0 aliphatic rings. The largest absolute Gasteiger partial charge is 0.452 e. The van der Waals surface area contributed by atoms with Crippen LogP contribution in [-0.2, 0) is 9.53 Å². The molecule has 0 radical (unpaired) electrons. The highest BCUT2D eigenvalue weighted by Gasteiger charge is 2.13. The maximum atomic E-state index is 11.8. The van der Waals surface area contributed by atoms with Crippen LogP contribution in [0.5, 0.6) is 0 Å². The van der Waals surface area contributed by atoms with Crippen LogP contribution in [0.4, 0.5) is 5.82 Å². The van der Waals surface area contributed by atoms with Gasteiger partial charge in [0.05, 0.1) is 11.8 Å². The van der Waals surface area contributed by atoms with Gasteiger partial charge in [-0.2, -0.15) is 5.10 Å². The average Bonchev–Trinajstić information content (AvgIpc) is 2.93. The molecule has 2 rings (SSSR count). The second-order valence-electron chi connectivity index (χ2n) is 4.89. The Hall–Kier alpha value is -2.34. The Bertz CT molecular complexity index is 682. The third-order valence-electron chi connectivity index (χ3n) is 2.82. The number of hydrogen-bond donors (Lipinski definition) is 1. The number of benzene rings is 1. The number of nitrogens with zero attached hydrogens (tertiary/aromatic N) is 2. The first kappa shape index (κ1) is 16.0. The third-order valence-corrected chi connectivity index (χ3v) is 3.06. The van der Waals surface area contributed by atoms with Gasteiger partial charge in [0.15, 0.2) is 6.61 Å². The predicted octanol–water partition coefficient (Wildman–Crippen LogP) is 2.91. The van der Waals surface area contributed by atoms with Gasteiger partial charge in [0.2, 0.25) is 0 Å². The summed E-state index contributed by atoms with van der Waals surface area (Å²) >= 11 is 5.80. The molecular weight excluding hydrogens is 306 g/mol. The summed E-state index contributed by atoms with van der Waals surface area (Å²) in [4.78, 5) is 23.6. The average molecular weight is 322 g/mol. The van der Waals surface area contributed by atoms with Gasteiger partial charge in [-0.1, -0.05) is 17.7 Å². The Kier molecular flexibility index (Phi) is 5.16. The lowest BCUT2D eigenvalue weighted by Gasteiger charge is -2.11. The quantitative estimate of drug-likeness (QED) is 0.859. The number of nitrogens with one attached hydrogen (secondary N) is 1. The third kappa shape index (κ3) is 4.08. The molecule has 6 nitrogen and oxygen atoms in total. The summed E-state index contributed by atoms with van der Waals surface area (Å²) in [5.41, 5.74) is 0.299. The number of rotatable bonds is 5. The van der Waals surface area contributed by atoms with Gasteiger partial charge in [0.25, 0.3) is 5.91 Å². The standard InChI is InChI=1S/C15H16ClN3O3/c1-10(2)19-13(6-7-17-19)18-14(20)9-22-15(21)11-4-3-5-12(16)8-11/h3-8,10H,9H2,1-2H3,(H,18,20). The van der Waals surface area contributed by atoms with Crippen LogP contribution in [0, 0.1) is 0 Å². The van der Waals surface area contributed by atoms with Gasteiger partial charge in [-0.3, -0.25) is 4.79 Å². The molecule has 22 heavy (non-hydrogen) atoms. The molecule has 0 aliphatic carbocycles. The molecular formula is C15H16ClN3O3. The second-order valence-corrected chi connectivity index (χ2v) is 5.33. The van der Waals surface area contributed by atoms with E-state index in [1.54, 1.807) is 35.1 Å². The fourth-order valence-electron chi connectivity index (χ4n) is 1.83. The van der Waals surface area contributed by atoms with Gasteiger partial charge in [0.1, 0.15) is 5.82 Å². The zero-order valence-electron chi connectivity index (χ0n) is 12.2. The fraction of sp³-hybridized carbons (Fsp3) is 0.267. The number of anilines is 1. The van der Waals surface area contributed by atoms with Crippen molar-refractivity contribution in [2.24, 2.45) is 0 Å². The lowest BCUT2D eigenvalue weighted by molar-refractivity contribution is -0.119. The van der Waals surface area contributed by atoms with Crippen LogP contribution in [-0.4, -0.2) is 28.3 Å². The van der Waals surface area contributed by atoms with Crippen molar-refractivity contribution < 1.29 is 14.3 Å². The molecule has 0 fully saturated rings. The Morgan fingerprint density at radius 2 is 2.14 bits per heavy atom. The number of esters is 1. The van der Waals surface area contributed by atoms with E-state index in [4.69, 9.17) is 16.3 Å². The molecule has 0 spiro atoms. The minimum absolute atomic E-state index is 0.110. The molecule has 1 amide bonds. The SMILES string of the molecule is CC(C)n1nccc1NC(=O)COC(=O)c1cccc(Cl)c1. The summed E-state index contributed by atoms with van der Waals surface area (Å²) in [5.74, 6) is -0.480. The van der Waals surface area contributed by atoms with Crippen molar-refractivity contribution in [1.82, 2.24) is 9.78 Å². The number of aromatic nitrogens is 2. The van der Waals surface area contributed by atoms with Crippen LogP contribution < -0.4 is 5.32 Å². The summed E-state index contributed by atoms with van der Waals surface area (Å²) in [6.45, 7) is 3.51. The second kappa shape index (κ2) is 7.09. The first-order valence-corrected chi connectivity index (χ1v) is 7.11. The first-order chi connectivity index (χ1) is 10.5. The first-order valence-electron chi connectivity index (χ1n) is 6.73. The van der Waals surface area contributed by atoms with Crippen molar-refractivity contribution in [3.8, 4) is 0 Å². The molecule has 7 heteroatoms. The molecule has 1 aromatic heterocycles. The van der Waals surface area contributed by atoms with E-state index in [1.807, 2.05) is 13.8 Å². The molecule has 0 bridgehead atoms. The Labute approximate surface area is 133 Å². The maximum absolute atomic E-state index is 11.8. The van der Waals surface area contributed by atoms with Crippen LogP contribution in [0.15, 0.2) is 36.5 Å². The van der Waals surface area contributed by atoms with Crippen LogP contribution >= 0.6 is 11.6 Å². The van der Waals surface area contributed by atoms with E-state index in [1.165, 1.54) is 6.07 Å². The maximum Gasteiger partial charge on any atom is 0.338 e. The fourth-order valence-corrected chi connectivity index (χ4v) is 2.02. The number of hydrogen-bond acceptors (Lipinski definition) is 4. The Balaban J connectivity index is 1.90. The van der Waals surface area contributed by atoms with Crippen LogP contribution in [0.3, 0.4) is 0 Å². The molecule has 0 saturated heterocycles. The zero-order chi connectivity index (χ0) is 16.1. The van der Waals surface area contributed by atoms with Gasteiger partial charge in [-0.15, -0.1) is 0 Å². The van der Waals surface area contributed by atoms with E-state index in [9.17, 15) is 9.59 Å². The monoisotopic (exact) mass is 321 g/mol. The summed E-state index contributed by atoms with van der Waals surface area (Å²) in [6, 6.07) is 8.13. The molecule has 1 N–H and O–H groups in total. The molecule has 2 aromatic rings. The van der Waals surface area contributed by atoms with E-state index < -0.39 is 11.9 Å². The highest BCUT2D eigenvalue weighted by Crippen LogP contribution is 2.13. The van der Waals surface area contributed by atoms with Gasteiger partial charge >= 0.3 is 5.97 Å². The highest BCUT2D eigenvalue weighted by molar-refractivity contribution is 6.30. The normalized spacial score (nSPS) is 10.5. The summed E-state index contributed by atoms with van der Waals surface area (Å²) in [6.07, 6.45) is 1.59. The molecule has 0 unspecified atom stereocenters. The van der Waals surface area contributed by atoms with Crippen LogP contribution in [0.1, 0.15) is 30.2 Å². The molecule has 0 saturated carbocycles. The lowest BCUT2D eigenvalue weighted by atomic mass is 10.2. The van der Waals surface area contributed by atoms with Gasteiger partial charge < -0.3 is 10.1 Å². The van der Waals surface area contributed by atoms with Crippen molar-refractivity contribution in [3.63, 3.8) is 0 Å². The summed E-state index contributed by atoms with van der Waals surface area (Å²) in [5, 5.41) is 7.18. The highest BCUT2D eigenvalue weighted by atomic mass is 35.5. The van der Waals surface area contributed by atoms with Crippen molar-refractivity contribution in [2.45, 2.75) is 19.9 Å². The summed E-state index contributed by atoms with van der Waals surface area (Å²) < 4.78 is 6.62. The predicted molar refractivity (Wildman–Crippen MR) is 83.0 cm³/mol. The lowest BCUT2D eigenvalue weighted by Crippen LogP contribution is -2.23. The van der Waals surface area contributed by atoms with E-state index >= 15 is 0 Å². The van der Waals surface area contributed by atoms with Crippen molar-refractivity contribution in [3.05, 3.63) is 47.1 Å². The molecule has 1 aromatic carbocycles. The summed E-state index contributed by atoms with van der Waals surface area (Å²) in [7, 11) is 0. The van der Waals surface area contributed by atoms with Gasteiger partial charge in [-0.25, -0.2) is 9.48 Å². The number of carbonyl (C=O) groups is 2. The minimum atomic E-state index is -0.602. The number of amides is 1.